The van der Waals surface area contributed by atoms with Crippen molar-refractivity contribution in [3.63, 3.8) is 0 Å². The second-order valence-electron chi connectivity index (χ2n) is 7.00. The van der Waals surface area contributed by atoms with Crippen molar-refractivity contribution in [1.82, 2.24) is 14.0 Å². The van der Waals surface area contributed by atoms with Gasteiger partial charge in [-0.05, 0) is 55.7 Å². The smallest absolute Gasteiger partial charge is 0.279 e. The summed E-state index contributed by atoms with van der Waals surface area (Å²) in [6.45, 7) is 5.73. The monoisotopic (exact) mass is 352 g/mol. The molecule has 1 aromatic heterocycles. The average Bonchev–Trinajstić information content (AvgIpc) is 2.61. The van der Waals surface area contributed by atoms with Gasteiger partial charge in [0.25, 0.3) is 10.2 Å². The Morgan fingerprint density at radius 1 is 1.21 bits per heavy atom. The van der Waals surface area contributed by atoms with Gasteiger partial charge in [-0.3, -0.25) is 0 Å². The minimum atomic E-state index is -3.40. The minimum absolute atomic E-state index is 0.316. The van der Waals surface area contributed by atoms with Crippen LogP contribution in [0, 0.1) is 5.92 Å². The molecule has 7 heteroatoms. The van der Waals surface area contributed by atoms with Crippen LogP contribution in [0.3, 0.4) is 0 Å². The number of nitrogens with one attached hydrogen (secondary N) is 1. The van der Waals surface area contributed by atoms with E-state index in [1.807, 2.05) is 12.1 Å². The summed E-state index contributed by atoms with van der Waals surface area (Å²) in [4.78, 5) is 6.73. The van der Waals surface area contributed by atoms with Gasteiger partial charge >= 0.3 is 0 Å². The van der Waals surface area contributed by atoms with Crippen LogP contribution in [0.5, 0.6) is 0 Å². The van der Waals surface area contributed by atoms with Gasteiger partial charge < -0.3 is 4.90 Å². The van der Waals surface area contributed by atoms with E-state index in [2.05, 4.69) is 21.5 Å². The van der Waals surface area contributed by atoms with Crippen molar-refractivity contribution in [2.45, 2.75) is 45.6 Å². The number of piperidine rings is 2. The molecular formula is C17H28N4O2S. The highest BCUT2D eigenvalue weighted by Crippen LogP contribution is 2.20. The molecule has 2 saturated heterocycles. The Kier molecular flexibility index (Phi) is 5.73. The molecule has 3 rings (SSSR count). The van der Waals surface area contributed by atoms with Crippen LogP contribution in [0.2, 0.25) is 0 Å². The lowest BCUT2D eigenvalue weighted by atomic mass is 10.0. The van der Waals surface area contributed by atoms with E-state index < -0.39 is 10.2 Å². The molecule has 1 atom stereocenters. The maximum atomic E-state index is 12.5. The largest absolute Gasteiger partial charge is 0.357 e. The highest BCUT2D eigenvalue weighted by molar-refractivity contribution is 7.87. The van der Waals surface area contributed by atoms with Gasteiger partial charge in [-0.15, -0.1) is 0 Å². The van der Waals surface area contributed by atoms with Crippen LogP contribution >= 0.6 is 0 Å². The summed E-state index contributed by atoms with van der Waals surface area (Å²) in [7, 11) is -3.40. The lowest BCUT2D eigenvalue weighted by Crippen LogP contribution is -2.45. The number of aromatic nitrogens is 1. The number of hydrogen-bond acceptors (Lipinski definition) is 4. The fourth-order valence-electron chi connectivity index (χ4n) is 3.50. The maximum absolute atomic E-state index is 12.5. The first kappa shape index (κ1) is 17.6. The summed E-state index contributed by atoms with van der Waals surface area (Å²) < 4.78 is 29.3. The zero-order chi connectivity index (χ0) is 17.0. The van der Waals surface area contributed by atoms with Crippen LogP contribution in [-0.4, -0.2) is 43.9 Å². The number of rotatable bonds is 5. The molecule has 24 heavy (non-hydrogen) atoms. The molecule has 134 valence electrons. The van der Waals surface area contributed by atoms with Crippen molar-refractivity contribution >= 4 is 16.0 Å². The Morgan fingerprint density at radius 3 is 2.75 bits per heavy atom. The standard InChI is InChI=1S/C17H28N4O2S/c1-15-6-5-11-21(14-15)24(22,23)19-13-16-7-8-18-17(12-16)20-9-3-2-4-10-20/h7-8,12,15,19H,2-6,9-11,13-14H2,1H3/t15-/m0/s1. The zero-order valence-corrected chi connectivity index (χ0v) is 15.3. The van der Waals surface area contributed by atoms with E-state index in [4.69, 9.17) is 0 Å². The van der Waals surface area contributed by atoms with Gasteiger partial charge in [0.2, 0.25) is 0 Å². The molecule has 0 saturated carbocycles. The highest BCUT2D eigenvalue weighted by Gasteiger charge is 2.26. The molecule has 2 aliphatic rings. The Hall–Kier alpha value is -1.18. The molecule has 1 N–H and O–H groups in total. The van der Waals surface area contributed by atoms with Crippen molar-refractivity contribution < 1.29 is 8.42 Å². The summed E-state index contributed by atoms with van der Waals surface area (Å²) in [6.07, 6.45) is 7.50. The Bertz CT molecular complexity index is 644. The first-order chi connectivity index (χ1) is 11.5. The van der Waals surface area contributed by atoms with Gasteiger partial charge in [-0.1, -0.05) is 6.92 Å². The molecule has 2 fully saturated rings. The zero-order valence-electron chi connectivity index (χ0n) is 14.4. The third kappa shape index (κ3) is 4.46. The summed E-state index contributed by atoms with van der Waals surface area (Å²) in [5.74, 6) is 1.39. The highest BCUT2D eigenvalue weighted by atomic mass is 32.2. The molecule has 2 aliphatic heterocycles. The predicted molar refractivity (Wildman–Crippen MR) is 96.0 cm³/mol. The van der Waals surface area contributed by atoms with Crippen molar-refractivity contribution in [2.75, 3.05) is 31.1 Å². The van der Waals surface area contributed by atoms with E-state index in [0.29, 0.717) is 25.6 Å². The summed E-state index contributed by atoms with van der Waals surface area (Å²) >= 11 is 0. The molecule has 6 nitrogen and oxygen atoms in total. The first-order valence-corrected chi connectivity index (χ1v) is 10.4. The second kappa shape index (κ2) is 7.80. The van der Waals surface area contributed by atoms with Gasteiger partial charge in [0.15, 0.2) is 0 Å². The van der Waals surface area contributed by atoms with E-state index in [9.17, 15) is 8.42 Å². The minimum Gasteiger partial charge on any atom is -0.357 e. The molecule has 3 heterocycles. The van der Waals surface area contributed by atoms with Crippen LogP contribution in [0.25, 0.3) is 0 Å². The van der Waals surface area contributed by atoms with Gasteiger partial charge in [0.1, 0.15) is 5.82 Å². The maximum Gasteiger partial charge on any atom is 0.279 e. The number of nitrogens with zero attached hydrogens (tertiary/aromatic N) is 3. The van der Waals surface area contributed by atoms with E-state index in [1.54, 1.807) is 10.5 Å². The van der Waals surface area contributed by atoms with Crippen LogP contribution in [0.15, 0.2) is 18.3 Å². The summed E-state index contributed by atoms with van der Waals surface area (Å²) in [5.41, 5.74) is 0.958. The van der Waals surface area contributed by atoms with E-state index >= 15 is 0 Å². The molecule has 1 aromatic rings. The van der Waals surface area contributed by atoms with Crippen molar-refractivity contribution in [1.29, 1.82) is 0 Å². The topological polar surface area (TPSA) is 65.5 Å². The van der Waals surface area contributed by atoms with E-state index in [-0.39, 0.29) is 0 Å². The molecule has 0 spiro atoms. The van der Waals surface area contributed by atoms with Crippen LogP contribution < -0.4 is 9.62 Å². The van der Waals surface area contributed by atoms with Gasteiger partial charge in [-0.2, -0.15) is 17.4 Å². The number of hydrogen-bond donors (Lipinski definition) is 1. The number of anilines is 1. The molecular weight excluding hydrogens is 324 g/mol. The summed E-state index contributed by atoms with van der Waals surface area (Å²) in [5, 5.41) is 0. The lowest BCUT2D eigenvalue weighted by Gasteiger charge is -2.30. The molecule has 0 unspecified atom stereocenters. The first-order valence-electron chi connectivity index (χ1n) is 8.99. The van der Waals surface area contributed by atoms with Crippen LogP contribution in [0.4, 0.5) is 5.82 Å². The van der Waals surface area contributed by atoms with Gasteiger partial charge in [0, 0.05) is 38.9 Å². The third-order valence-electron chi connectivity index (χ3n) is 4.91. The van der Waals surface area contributed by atoms with Gasteiger partial charge in [0.05, 0.1) is 0 Å². The number of pyridine rings is 1. The van der Waals surface area contributed by atoms with E-state index in [0.717, 1.165) is 37.3 Å². The normalized spacial score (nSPS) is 23.4. The van der Waals surface area contributed by atoms with Gasteiger partial charge in [-0.25, -0.2) is 4.98 Å². The Morgan fingerprint density at radius 2 is 2.00 bits per heavy atom. The van der Waals surface area contributed by atoms with Crippen LogP contribution in [0.1, 0.15) is 44.6 Å². The Labute approximate surface area is 145 Å². The van der Waals surface area contributed by atoms with Crippen molar-refractivity contribution in [3.8, 4) is 0 Å². The second-order valence-corrected chi connectivity index (χ2v) is 8.76. The van der Waals surface area contributed by atoms with Crippen molar-refractivity contribution in [2.24, 2.45) is 5.92 Å². The summed E-state index contributed by atoms with van der Waals surface area (Å²) in [6, 6.07) is 3.89. The van der Waals surface area contributed by atoms with Crippen molar-refractivity contribution in [3.05, 3.63) is 23.9 Å². The fraction of sp³-hybridized carbons (Fsp3) is 0.706. The average molecular weight is 353 g/mol. The molecule has 0 aromatic carbocycles. The van der Waals surface area contributed by atoms with E-state index in [1.165, 1.54) is 19.3 Å². The molecule has 0 radical (unpaired) electrons. The predicted octanol–water partition coefficient (Wildman–Crippen LogP) is 2.14. The Balaban J connectivity index is 1.61. The third-order valence-corrected chi connectivity index (χ3v) is 6.43. The molecule has 0 aliphatic carbocycles. The molecule has 0 bridgehead atoms. The molecule has 0 amide bonds. The van der Waals surface area contributed by atoms with Crippen LogP contribution in [-0.2, 0) is 16.8 Å². The lowest BCUT2D eigenvalue weighted by molar-refractivity contribution is 0.278. The quantitative estimate of drug-likeness (QED) is 0.882. The SMILES string of the molecule is C[C@H]1CCCN(S(=O)(=O)NCc2ccnc(N3CCCCC3)c2)C1. The fourth-order valence-corrected chi connectivity index (χ4v) is 4.85.